The third-order valence-corrected chi connectivity index (χ3v) is 0. The van der Waals surface area contributed by atoms with Crippen LogP contribution in [-0.4, -0.2) is 6.04 Å². The molecule has 1 nitrogen and oxygen atoms in total. The molecule has 0 aliphatic carbocycles. The van der Waals surface area contributed by atoms with E-state index in [0.29, 0.717) is 0 Å². The van der Waals surface area contributed by atoms with Crippen molar-refractivity contribution in [1.29, 1.82) is 0 Å². The summed E-state index contributed by atoms with van der Waals surface area (Å²) in [5, 5.41) is 0. The molecule has 0 spiro atoms. The average Bonchev–Trinajstić information content (AvgIpc) is 0.811. The minimum absolute atomic E-state index is 0. The zero-order valence-corrected chi connectivity index (χ0v) is 13.3. The topological polar surface area (TPSA) is 23.8 Å². The minimum Gasteiger partial charge on any atom is -0.675 e. The molecule has 0 saturated heterocycles. The Morgan fingerprint density at radius 1 is 1.33 bits per heavy atom. The number of rotatable bonds is 0. The fraction of sp³-hybridized carbons (Fsp3) is 1.00. The summed E-state index contributed by atoms with van der Waals surface area (Å²) in [5.41, 5.74) is 6.58. The van der Waals surface area contributed by atoms with E-state index in [2.05, 4.69) is 0 Å². The van der Waals surface area contributed by atoms with E-state index in [9.17, 15) is 0 Å². The van der Waals surface area contributed by atoms with Crippen LogP contribution in [0.4, 0.5) is 0 Å². The monoisotopic (exact) mass is 512 g/mol. The second kappa shape index (κ2) is 8.82. The summed E-state index contributed by atoms with van der Waals surface area (Å²) in [4.78, 5) is 0. The predicted molar refractivity (Wildman–Crippen MR) is 19.5 cm³/mol. The standard InChI is InChI=1S/C3H8N.Re.Rf/c1-3(2)4;;/h3-4H,1-2H3;;/q-1;;. The molecule has 0 heterocycles. The van der Waals surface area contributed by atoms with Gasteiger partial charge in [-0.3, -0.25) is 0 Å². The SMILES string of the molecule is CC(C)[NH-].[Re].[Rf]. The van der Waals surface area contributed by atoms with Gasteiger partial charge in [0, 0.05) is 20.4 Å². The van der Waals surface area contributed by atoms with Gasteiger partial charge in [0.2, 0.25) is 0 Å². The van der Waals surface area contributed by atoms with Crippen LogP contribution in [0, 0.1) is 0 Å². The third-order valence-electron chi connectivity index (χ3n) is 0. The van der Waals surface area contributed by atoms with Gasteiger partial charge >= 0.3 is 0 Å². The van der Waals surface area contributed by atoms with Crippen LogP contribution in [0.5, 0.6) is 0 Å². The van der Waals surface area contributed by atoms with Gasteiger partial charge in [0.15, 0.2) is 0 Å². The molecular weight excluding hydrogens is 503 g/mol. The molecule has 0 fully saturated rings. The number of hydrogen-bond acceptors (Lipinski definition) is 0. The fourth-order valence-corrected chi connectivity index (χ4v) is 0. The smallest absolute Gasteiger partial charge is 0 e. The molecule has 1 N–H and O–H groups in total. The summed E-state index contributed by atoms with van der Waals surface area (Å²) in [7, 11) is 0. The zero-order valence-electron chi connectivity index (χ0n) is 4.16. The summed E-state index contributed by atoms with van der Waals surface area (Å²) < 4.78 is 0. The molecule has 0 aromatic carbocycles. The Kier molecular flexibility index (Phi) is 25.7. The van der Waals surface area contributed by atoms with Crippen LogP contribution >= 0.6 is 0 Å². The quantitative estimate of drug-likeness (QED) is 0.471. The summed E-state index contributed by atoms with van der Waals surface area (Å²) in [6.45, 7) is 3.67. The van der Waals surface area contributed by atoms with Gasteiger partial charge in [0.25, 0.3) is 0 Å². The molecule has 0 atom stereocenters. The zero-order chi connectivity index (χ0) is 3.58. The molecule has 1 radical (unpaired) electrons. The van der Waals surface area contributed by atoms with Gasteiger partial charge in [-0.15, -0.1) is 6.04 Å². The van der Waals surface area contributed by atoms with Crippen LogP contribution in [0.1, 0.15) is 13.8 Å². The van der Waals surface area contributed by atoms with Crippen molar-refractivity contribution in [3.05, 3.63) is 5.73 Å². The Labute approximate surface area is 46.6 Å². The second-order valence-corrected chi connectivity index (χ2v) is 1.15. The van der Waals surface area contributed by atoms with Crippen molar-refractivity contribution in [1.82, 2.24) is 0 Å². The Morgan fingerprint density at radius 2 is 1.33 bits per heavy atom. The molecule has 0 rings (SSSR count). The largest absolute Gasteiger partial charge is 0.675 e. The van der Waals surface area contributed by atoms with Crippen LogP contribution in [-0.2, 0) is 20.4 Å². The summed E-state index contributed by atoms with van der Waals surface area (Å²) in [6, 6.07) is 0.0833. The van der Waals surface area contributed by atoms with Crippen LogP contribution in [0.15, 0.2) is 0 Å². The molecule has 0 unspecified atom stereocenters. The molecule has 0 aliphatic heterocycles. The van der Waals surface area contributed by atoms with E-state index in [1.807, 2.05) is 13.8 Å². The summed E-state index contributed by atoms with van der Waals surface area (Å²) in [6.07, 6.45) is 0. The first-order valence-electron chi connectivity index (χ1n) is 1.44. The minimum atomic E-state index is 0. The Bertz CT molecular complexity index is 15.5. The molecule has 3 heteroatoms. The van der Waals surface area contributed by atoms with Crippen LogP contribution < -0.4 is 0 Å². The molecule has 6 heavy (non-hydrogen) atoms. The molecular formula is C3H8NReRf-. The fourth-order valence-electron chi connectivity index (χ4n) is 0. The van der Waals surface area contributed by atoms with Gasteiger partial charge in [-0.1, -0.05) is 13.8 Å². The van der Waals surface area contributed by atoms with Crippen LogP contribution in [0.2, 0.25) is 0 Å². The maximum atomic E-state index is 6.58. The Hall–Kier alpha value is -0.378. The van der Waals surface area contributed by atoms with E-state index < -0.39 is 0 Å². The van der Waals surface area contributed by atoms with E-state index in [1.165, 1.54) is 0 Å². The Balaban J connectivity index is -0.0000000450. The molecule has 0 bridgehead atoms. The summed E-state index contributed by atoms with van der Waals surface area (Å²) >= 11 is 0. The first-order chi connectivity index (χ1) is 1.73. The van der Waals surface area contributed by atoms with E-state index in [4.69, 9.17) is 5.73 Å². The Morgan fingerprint density at radius 3 is 1.33 bits per heavy atom. The van der Waals surface area contributed by atoms with E-state index in [0.717, 1.165) is 0 Å². The second-order valence-electron chi connectivity index (χ2n) is 1.15. The van der Waals surface area contributed by atoms with Gasteiger partial charge in [-0.05, 0) is 0 Å². The van der Waals surface area contributed by atoms with Gasteiger partial charge in [0.05, 0.1) is 0 Å². The molecule has 35 valence electrons. The third kappa shape index (κ3) is 175. The molecule has 0 saturated carbocycles. The van der Waals surface area contributed by atoms with E-state index in [-0.39, 0.29) is 26.5 Å². The van der Waals surface area contributed by atoms with Gasteiger partial charge in [0.1, 0.15) is 0 Å². The van der Waals surface area contributed by atoms with Crippen molar-refractivity contribution in [3.63, 3.8) is 0 Å². The van der Waals surface area contributed by atoms with E-state index in [1.54, 1.807) is 0 Å². The first kappa shape index (κ1) is 17.5. The maximum Gasteiger partial charge on any atom is 0 e. The van der Waals surface area contributed by atoms with Crippen LogP contribution in [0.3, 0.4) is 0 Å². The van der Waals surface area contributed by atoms with Crippen molar-refractivity contribution in [2.24, 2.45) is 0 Å². The molecule has 0 aliphatic rings. The van der Waals surface area contributed by atoms with Crippen molar-refractivity contribution >= 4 is 0 Å². The summed E-state index contributed by atoms with van der Waals surface area (Å²) in [5.74, 6) is 0. The number of nitrogens with one attached hydrogen (secondary N) is 1. The average molecular weight is 511 g/mol. The maximum absolute atomic E-state index is 6.58. The van der Waals surface area contributed by atoms with Crippen molar-refractivity contribution in [2.75, 3.05) is 0 Å². The van der Waals surface area contributed by atoms with E-state index >= 15 is 0 Å². The molecule has 0 amide bonds. The normalized spacial score (nSPS) is 6.00. The van der Waals surface area contributed by atoms with Gasteiger partial charge in [-0.25, -0.2) is 0 Å². The molecule has 0 aromatic rings. The first-order valence-corrected chi connectivity index (χ1v) is 1.44. The van der Waals surface area contributed by atoms with Crippen LogP contribution in [0.25, 0.3) is 5.73 Å². The predicted octanol–water partition coefficient (Wildman–Crippen LogP) is 1.44. The van der Waals surface area contributed by atoms with Crippen molar-refractivity contribution in [2.45, 2.75) is 19.9 Å². The van der Waals surface area contributed by atoms with Crippen molar-refractivity contribution in [3.8, 4) is 0 Å². The van der Waals surface area contributed by atoms with Gasteiger partial charge in [-0.2, -0.15) is 0 Å². The number of hydrogen-bond donors (Lipinski definition) is 0. The van der Waals surface area contributed by atoms with Gasteiger partial charge < -0.3 is 5.73 Å². The molecule has 0 aromatic heterocycles. The van der Waals surface area contributed by atoms with Crippen molar-refractivity contribution < 1.29 is 20.4 Å².